The number of aromatic nitrogens is 1. The molecule has 1 heterocycles. The summed E-state index contributed by atoms with van der Waals surface area (Å²) in [4.78, 5) is 0. The molecule has 114 valence electrons. The average molecular weight is 315 g/mol. The fourth-order valence-corrected chi connectivity index (χ4v) is 2.97. The van der Waals surface area contributed by atoms with Crippen molar-refractivity contribution in [1.82, 2.24) is 5.16 Å². The van der Waals surface area contributed by atoms with Gasteiger partial charge >= 0.3 is 6.61 Å². The van der Waals surface area contributed by atoms with E-state index in [-0.39, 0.29) is 16.8 Å². The van der Waals surface area contributed by atoms with Crippen molar-refractivity contribution in [1.29, 1.82) is 0 Å². The van der Waals surface area contributed by atoms with Gasteiger partial charge in [-0.15, -0.1) is 0 Å². The van der Waals surface area contributed by atoms with E-state index in [0.29, 0.717) is 11.5 Å². The van der Waals surface area contributed by atoms with Crippen molar-refractivity contribution >= 4 is 10.8 Å². The second kappa shape index (κ2) is 6.80. The number of rotatable bonds is 6. The Bertz CT molecular complexity index is 613. The van der Waals surface area contributed by atoms with Crippen molar-refractivity contribution in [3.8, 4) is 5.75 Å². The lowest BCUT2D eigenvalue weighted by Gasteiger charge is -2.12. The maximum atomic E-state index is 12.3. The number of benzene rings is 1. The Morgan fingerprint density at radius 1 is 1.33 bits per heavy atom. The molecule has 21 heavy (non-hydrogen) atoms. The summed E-state index contributed by atoms with van der Waals surface area (Å²) in [6.45, 7) is 0.731. The van der Waals surface area contributed by atoms with Crippen molar-refractivity contribution in [2.24, 2.45) is 0 Å². The third kappa shape index (κ3) is 4.35. The van der Waals surface area contributed by atoms with Gasteiger partial charge in [0.1, 0.15) is 11.5 Å². The minimum absolute atomic E-state index is 0.0823. The van der Waals surface area contributed by atoms with Crippen molar-refractivity contribution in [3.63, 3.8) is 0 Å². The first kappa shape index (κ1) is 15.6. The maximum absolute atomic E-state index is 12.3. The van der Waals surface area contributed by atoms with E-state index in [0.717, 1.165) is 5.56 Å². The molecule has 4 nitrogen and oxygen atoms in total. The zero-order valence-electron chi connectivity index (χ0n) is 11.6. The lowest BCUT2D eigenvalue weighted by atomic mass is 10.2. The molecule has 0 saturated heterocycles. The van der Waals surface area contributed by atoms with Gasteiger partial charge in [0, 0.05) is 16.9 Å². The van der Waals surface area contributed by atoms with Gasteiger partial charge in [-0.05, 0) is 31.5 Å². The third-order valence-electron chi connectivity index (χ3n) is 2.94. The van der Waals surface area contributed by atoms with E-state index in [2.05, 4.69) is 9.89 Å². The standard InChI is InChI=1S/C14H15F2NO3S/c1-9-7-12(17-20-9)8-21(18)10(2)11-3-5-13(6-4-11)19-14(15)16/h3-7,10,14H,8H2,1-2H3/t10-,21+/m1/s1. The molecule has 0 N–H and O–H groups in total. The van der Waals surface area contributed by atoms with E-state index < -0.39 is 17.4 Å². The summed E-state index contributed by atoms with van der Waals surface area (Å²) in [5.74, 6) is 1.04. The van der Waals surface area contributed by atoms with Gasteiger partial charge in [0.15, 0.2) is 0 Å². The minimum atomic E-state index is -2.85. The number of hydrogen-bond acceptors (Lipinski definition) is 4. The summed E-state index contributed by atoms with van der Waals surface area (Å²) in [6.07, 6.45) is 0. The van der Waals surface area contributed by atoms with E-state index in [1.165, 1.54) is 12.1 Å². The number of nitrogens with zero attached hydrogens (tertiary/aromatic N) is 1. The Morgan fingerprint density at radius 3 is 2.52 bits per heavy atom. The van der Waals surface area contributed by atoms with E-state index in [1.807, 2.05) is 6.92 Å². The largest absolute Gasteiger partial charge is 0.435 e. The summed E-state index contributed by atoms with van der Waals surface area (Å²) in [5.41, 5.74) is 1.42. The highest BCUT2D eigenvalue weighted by molar-refractivity contribution is 7.84. The summed E-state index contributed by atoms with van der Waals surface area (Å²) in [7, 11) is -1.18. The van der Waals surface area contributed by atoms with Crippen LogP contribution in [-0.4, -0.2) is 16.0 Å². The molecule has 2 atom stereocenters. The van der Waals surface area contributed by atoms with Crippen LogP contribution in [0.25, 0.3) is 0 Å². The molecule has 0 bridgehead atoms. The number of aryl methyl sites for hydroxylation is 1. The molecule has 2 aromatic rings. The van der Waals surface area contributed by atoms with E-state index in [4.69, 9.17) is 4.52 Å². The fraction of sp³-hybridized carbons (Fsp3) is 0.357. The van der Waals surface area contributed by atoms with E-state index in [1.54, 1.807) is 25.1 Å². The molecule has 1 aromatic heterocycles. The highest BCUT2D eigenvalue weighted by atomic mass is 32.2. The Hall–Kier alpha value is -1.76. The molecular formula is C14H15F2NO3S. The molecule has 7 heteroatoms. The van der Waals surface area contributed by atoms with Crippen LogP contribution >= 0.6 is 0 Å². The Balaban J connectivity index is 2.01. The first-order valence-electron chi connectivity index (χ1n) is 6.30. The Labute approximate surface area is 123 Å². The maximum Gasteiger partial charge on any atom is 0.387 e. The van der Waals surface area contributed by atoms with Crippen LogP contribution in [0.5, 0.6) is 5.75 Å². The molecule has 2 rings (SSSR count). The quantitative estimate of drug-likeness (QED) is 0.817. The second-order valence-corrected chi connectivity index (χ2v) is 6.30. The summed E-state index contributed by atoms with van der Waals surface area (Å²) < 4.78 is 45.6. The van der Waals surface area contributed by atoms with Crippen LogP contribution in [0.3, 0.4) is 0 Å². The number of halogens is 2. The van der Waals surface area contributed by atoms with E-state index >= 15 is 0 Å². The lowest BCUT2D eigenvalue weighted by molar-refractivity contribution is -0.0498. The highest BCUT2D eigenvalue weighted by Crippen LogP contribution is 2.24. The number of ether oxygens (including phenoxy) is 1. The van der Waals surface area contributed by atoms with Crippen molar-refractivity contribution < 1.29 is 22.2 Å². The Kier molecular flexibility index (Phi) is 5.06. The average Bonchev–Trinajstić information content (AvgIpc) is 2.83. The zero-order chi connectivity index (χ0) is 15.4. The zero-order valence-corrected chi connectivity index (χ0v) is 12.4. The van der Waals surface area contributed by atoms with Crippen LogP contribution < -0.4 is 4.74 Å². The highest BCUT2D eigenvalue weighted by Gasteiger charge is 2.16. The van der Waals surface area contributed by atoms with Crippen LogP contribution in [0.2, 0.25) is 0 Å². The van der Waals surface area contributed by atoms with Gasteiger partial charge in [0.2, 0.25) is 0 Å². The molecule has 0 fully saturated rings. The van der Waals surface area contributed by atoms with Crippen LogP contribution in [0.15, 0.2) is 34.9 Å². The Morgan fingerprint density at radius 2 is 2.00 bits per heavy atom. The van der Waals surface area contributed by atoms with Crippen LogP contribution in [0.4, 0.5) is 8.78 Å². The van der Waals surface area contributed by atoms with Crippen LogP contribution in [0.1, 0.15) is 29.2 Å². The number of hydrogen-bond donors (Lipinski definition) is 0. The minimum Gasteiger partial charge on any atom is -0.435 e. The smallest absolute Gasteiger partial charge is 0.387 e. The van der Waals surface area contributed by atoms with Gasteiger partial charge in [0.25, 0.3) is 0 Å². The van der Waals surface area contributed by atoms with Gasteiger partial charge in [-0.2, -0.15) is 8.78 Å². The van der Waals surface area contributed by atoms with Gasteiger partial charge in [-0.25, -0.2) is 0 Å². The predicted octanol–water partition coefficient (Wildman–Crippen LogP) is 3.59. The lowest BCUT2D eigenvalue weighted by Crippen LogP contribution is -2.06. The van der Waals surface area contributed by atoms with Crippen molar-refractivity contribution in [3.05, 3.63) is 47.3 Å². The SMILES string of the molecule is Cc1cc(C[S@](=O)[C@H](C)c2ccc(OC(F)F)cc2)no1. The first-order chi connectivity index (χ1) is 9.95. The predicted molar refractivity (Wildman–Crippen MR) is 74.6 cm³/mol. The van der Waals surface area contributed by atoms with Crippen LogP contribution in [-0.2, 0) is 16.6 Å². The molecule has 0 spiro atoms. The molecule has 0 aliphatic rings. The van der Waals surface area contributed by atoms with Gasteiger partial charge in [-0.1, -0.05) is 17.3 Å². The third-order valence-corrected chi connectivity index (χ3v) is 4.58. The molecule has 0 radical (unpaired) electrons. The van der Waals surface area contributed by atoms with Crippen molar-refractivity contribution in [2.45, 2.75) is 31.5 Å². The van der Waals surface area contributed by atoms with E-state index in [9.17, 15) is 13.0 Å². The first-order valence-corrected chi connectivity index (χ1v) is 7.68. The van der Waals surface area contributed by atoms with Gasteiger partial charge in [-0.3, -0.25) is 4.21 Å². The molecule has 0 aliphatic carbocycles. The summed E-state index contributed by atoms with van der Waals surface area (Å²) >= 11 is 0. The topological polar surface area (TPSA) is 52.3 Å². The van der Waals surface area contributed by atoms with Crippen LogP contribution in [0, 0.1) is 6.92 Å². The molecule has 1 aromatic carbocycles. The molecule has 0 aliphatic heterocycles. The second-order valence-electron chi connectivity index (χ2n) is 4.54. The molecule has 0 amide bonds. The van der Waals surface area contributed by atoms with Crippen molar-refractivity contribution in [2.75, 3.05) is 0 Å². The fourth-order valence-electron chi connectivity index (χ4n) is 1.83. The summed E-state index contributed by atoms with van der Waals surface area (Å²) in [6, 6.07) is 7.89. The molecular weight excluding hydrogens is 300 g/mol. The number of alkyl halides is 2. The molecule has 0 unspecified atom stereocenters. The summed E-state index contributed by atoms with van der Waals surface area (Å²) in [5, 5.41) is 3.56. The molecule has 0 saturated carbocycles. The van der Waals surface area contributed by atoms with Gasteiger partial charge < -0.3 is 9.26 Å². The monoisotopic (exact) mass is 315 g/mol. The van der Waals surface area contributed by atoms with Gasteiger partial charge in [0.05, 0.1) is 16.7 Å². The normalized spacial score (nSPS) is 14.1.